The summed E-state index contributed by atoms with van der Waals surface area (Å²) in [5, 5.41) is 0. The van der Waals surface area contributed by atoms with E-state index < -0.39 is 0 Å². The van der Waals surface area contributed by atoms with Gasteiger partial charge in [-0.15, -0.1) is 0 Å². The van der Waals surface area contributed by atoms with Crippen LogP contribution in [0, 0.1) is 0 Å². The van der Waals surface area contributed by atoms with Crippen molar-refractivity contribution in [2.45, 2.75) is 31.9 Å². The first-order valence-electron chi connectivity index (χ1n) is 7.47. The Labute approximate surface area is 125 Å². The predicted octanol–water partition coefficient (Wildman–Crippen LogP) is 3.48. The zero-order chi connectivity index (χ0) is 14.7. The average Bonchev–Trinajstić information content (AvgIpc) is 3.24. The zero-order valence-corrected chi connectivity index (χ0v) is 12.3. The molecule has 2 N–H and O–H groups in total. The molecule has 1 aliphatic carbocycles. The molecule has 0 spiro atoms. The maximum absolute atomic E-state index is 6.08. The second-order valence-corrected chi connectivity index (χ2v) is 5.39. The minimum absolute atomic E-state index is 0.251. The molecule has 0 aliphatic heterocycles. The van der Waals surface area contributed by atoms with Crippen molar-refractivity contribution in [2.75, 3.05) is 6.61 Å². The molecule has 2 aromatic rings. The summed E-state index contributed by atoms with van der Waals surface area (Å²) in [5.41, 5.74) is 8.32. The summed E-state index contributed by atoms with van der Waals surface area (Å²) < 4.78 is 11.8. The summed E-state index contributed by atoms with van der Waals surface area (Å²) >= 11 is 0. The Hall–Kier alpha value is -2.00. The van der Waals surface area contributed by atoms with Crippen molar-refractivity contribution in [1.82, 2.24) is 0 Å². The molecule has 0 saturated heterocycles. The van der Waals surface area contributed by atoms with Crippen molar-refractivity contribution < 1.29 is 9.47 Å². The number of benzene rings is 2. The standard InChI is InChI=1S/C18H21NO2/c1-2-20-17-10-6-9-14(15-11-16(15)19)18(17)21-12-13-7-4-3-5-8-13/h3-10,15-16H,2,11-12,19H2,1H3/t15-,16+/m0/s1. The van der Waals surface area contributed by atoms with E-state index in [0.29, 0.717) is 19.1 Å². The number of ether oxygens (including phenoxy) is 2. The Balaban J connectivity index is 1.83. The normalized spacial score (nSPS) is 20.1. The number of para-hydroxylation sites is 1. The Morgan fingerprint density at radius 1 is 1.05 bits per heavy atom. The Morgan fingerprint density at radius 3 is 2.48 bits per heavy atom. The summed E-state index contributed by atoms with van der Waals surface area (Å²) in [6, 6.07) is 16.5. The SMILES string of the molecule is CCOc1cccc([C@@H]2C[C@H]2N)c1OCc1ccccc1. The smallest absolute Gasteiger partial charge is 0.165 e. The lowest BCUT2D eigenvalue weighted by Gasteiger charge is -2.16. The van der Waals surface area contributed by atoms with Gasteiger partial charge in [0.15, 0.2) is 11.5 Å². The molecule has 1 saturated carbocycles. The van der Waals surface area contributed by atoms with Crippen LogP contribution in [0.3, 0.4) is 0 Å². The lowest BCUT2D eigenvalue weighted by molar-refractivity contribution is 0.266. The van der Waals surface area contributed by atoms with E-state index in [1.54, 1.807) is 0 Å². The molecule has 0 radical (unpaired) electrons. The van der Waals surface area contributed by atoms with Gasteiger partial charge in [-0.3, -0.25) is 0 Å². The van der Waals surface area contributed by atoms with Gasteiger partial charge in [0, 0.05) is 17.5 Å². The molecule has 2 aromatic carbocycles. The quantitative estimate of drug-likeness (QED) is 0.882. The summed E-state index contributed by atoms with van der Waals surface area (Å²) in [6.45, 7) is 3.15. The maximum atomic E-state index is 6.08. The van der Waals surface area contributed by atoms with E-state index in [2.05, 4.69) is 18.2 Å². The van der Waals surface area contributed by atoms with E-state index in [0.717, 1.165) is 23.5 Å². The zero-order valence-electron chi connectivity index (χ0n) is 12.3. The van der Waals surface area contributed by atoms with Gasteiger partial charge in [0.05, 0.1) is 6.61 Å². The van der Waals surface area contributed by atoms with Gasteiger partial charge in [0.1, 0.15) is 6.61 Å². The number of hydrogen-bond acceptors (Lipinski definition) is 3. The number of rotatable bonds is 6. The molecule has 0 unspecified atom stereocenters. The highest BCUT2D eigenvalue weighted by atomic mass is 16.5. The number of nitrogens with two attached hydrogens (primary N) is 1. The molecule has 1 fully saturated rings. The topological polar surface area (TPSA) is 44.5 Å². The fourth-order valence-electron chi connectivity index (χ4n) is 2.55. The molecule has 0 bridgehead atoms. The summed E-state index contributed by atoms with van der Waals surface area (Å²) in [4.78, 5) is 0. The van der Waals surface area contributed by atoms with Crippen LogP contribution in [0.4, 0.5) is 0 Å². The largest absolute Gasteiger partial charge is 0.490 e. The first kappa shape index (κ1) is 14.0. The molecular formula is C18H21NO2. The van der Waals surface area contributed by atoms with Crippen LogP contribution in [-0.4, -0.2) is 12.6 Å². The van der Waals surface area contributed by atoms with E-state index in [4.69, 9.17) is 15.2 Å². The van der Waals surface area contributed by atoms with Gasteiger partial charge in [-0.2, -0.15) is 0 Å². The third-order valence-electron chi connectivity index (χ3n) is 3.77. The third-order valence-corrected chi connectivity index (χ3v) is 3.77. The fraction of sp³-hybridized carbons (Fsp3) is 0.333. The summed E-state index contributed by atoms with van der Waals surface area (Å²) in [5.74, 6) is 2.06. The van der Waals surface area contributed by atoms with E-state index in [1.807, 2.05) is 37.3 Å². The van der Waals surface area contributed by atoms with Crippen LogP contribution in [0.2, 0.25) is 0 Å². The van der Waals surface area contributed by atoms with Crippen LogP contribution < -0.4 is 15.2 Å². The van der Waals surface area contributed by atoms with Crippen molar-refractivity contribution >= 4 is 0 Å². The highest BCUT2D eigenvalue weighted by molar-refractivity contribution is 5.50. The molecule has 0 amide bonds. The van der Waals surface area contributed by atoms with Crippen molar-refractivity contribution in [3.05, 3.63) is 59.7 Å². The van der Waals surface area contributed by atoms with E-state index in [1.165, 1.54) is 5.56 Å². The molecule has 2 atom stereocenters. The minimum Gasteiger partial charge on any atom is -0.490 e. The molecule has 3 nitrogen and oxygen atoms in total. The Bertz CT molecular complexity index is 597. The fourth-order valence-corrected chi connectivity index (χ4v) is 2.55. The molecule has 110 valence electrons. The molecule has 21 heavy (non-hydrogen) atoms. The maximum Gasteiger partial charge on any atom is 0.165 e. The molecule has 0 aromatic heterocycles. The second-order valence-electron chi connectivity index (χ2n) is 5.39. The van der Waals surface area contributed by atoms with Gasteiger partial charge in [-0.25, -0.2) is 0 Å². The van der Waals surface area contributed by atoms with Crippen LogP contribution in [0.15, 0.2) is 48.5 Å². The van der Waals surface area contributed by atoms with Crippen LogP contribution in [-0.2, 0) is 6.61 Å². The Kier molecular flexibility index (Phi) is 4.11. The lowest BCUT2D eigenvalue weighted by Crippen LogP contribution is -2.05. The van der Waals surface area contributed by atoms with Gasteiger partial charge in [-0.05, 0) is 25.0 Å². The van der Waals surface area contributed by atoms with Gasteiger partial charge < -0.3 is 15.2 Å². The predicted molar refractivity (Wildman–Crippen MR) is 83.7 cm³/mol. The monoisotopic (exact) mass is 283 g/mol. The molecule has 1 aliphatic rings. The highest BCUT2D eigenvalue weighted by Crippen LogP contribution is 2.46. The Morgan fingerprint density at radius 2 is 1.81 bits per heavy atom. The van der Waals surface area contributed by atoms with Crippen molar-refractivity contribution in [3.63, 3.8) is 0 Å². The van der Waals surface area contributed by atoms with Crippen LogP contribution in [0.5, 0.6) is 11.5 Å². The van der Waals surface area contributed by atoms with E-state index in [9.17, 15) is 0 Å². The molecule has 3 heteroatoms. The summed E-state index contributed by atoms with van der Waals surface area (Å²) in [7, 11) is 0. The first-order valence-corrected chi connectivity index (χ1v) is 7.47. The van der Waals surface area contributed by atoms with Gasteiger partial charge >= 0.3 is 0 Å². The van der Waals surface area contributed by atoms with Gasteiger partial charge in [0.2, 0.25) is 0 Å². The van der Waals surface area contributed by atoms with Crippen LogP contribution in [0.25, 0.3) is 0 Å². The first-order chi connectivity index (χ1) is 10.3. The van der Waals surface area contributed by atoms with E-state index in [-0.39, 0.29) is 6.04 Å². The van der Waals surface area contributed by atoms with Crippen LogP contribution >= 0.6 is 0 Å². The van der Waals surface area contributed by atoms with E-state index >= 15 is 0 Å². The van der Waals surface area contributed by atoms with Crippen molar-refractivity contribution in [1.29, 1.82) is 0 Å². The van der Waals surface area contributed by atoms with Gasteiger partial charge in [-0.1, -0.05) is 42.5 Å². The molecule has 3 rings (SSSR count). The van der Waals surface area contributed by atoms with Crippen molar-refractivity contribution in [2.24, 2.45) is 5.73 Å². The van der Waals surface area contributed by atoms with Crippen LogP contribution in [0.1, 0.15) is 30.4 Å². The average molecular weight is 283 g/mol. The van der Waals surface area contributed by atoms with Crippen molar-refractivity contribution in [3.8, 4) is 11.5 Å². The molecule has 0 heterocycles. The molecular weight excluding hydrogens is 262 g/mol. The number of hydrogen-bond donors (Lipinski definition) is 1. The van der Waals surface area contributed by atoms with Gasteiger partial charge in [0.25, 0.3) is 0 Å². The second kappa shape index (κ2) is 6.19. The highest BCUT2D eigenvalue weighted by Gasteiger charge is 2.37. The minimum atomic E-state index is 0.251. The summed E-state index contributed by atoms with van der Waals surface area (Å²) in [6.07, 6.45) is 1.03. The lowest BCUT2D eigenvalue weighted by atomic mass is 10.1. The third kappa shape index (κ3) is 3.19.